The molecular formula is C26H36N2O6. The van der Waals surface area contributed by atoms with Crippen LogP contribution in [0.3, 0.4) is 0 Å². The average molecular weight is 473 g/mol. The summed E-state index contributed by atoms with van der Waals surface area (Å²) in [4.78, 5) is 42.4. The van der Waals surface area contributed by atoms with Gasteiger partial charge in [-0.05, 0) is 64.0 Å². The lowest BCUT2D eigenvalue weighted by Crippen LogP contribution is -2.53. The second-order valence-corrected chi connectivity index (χ2v) is 9.80. The normalized spacial score (nSPS) is 31.6. The molecule has 2 bridgehead atoms. The highest BCUT2D eigenvalue weighted by molar-refractivity contribution is 6.04. The van der Waals surface area contributed by atoms with Crippen molar-refractivity contribution in [1.29, 1.82) is 0 Å². The minimum absolute atomic E-state index is 0.0107. The number of para-hydroxylation sites is 1. The Morgan fingerprint density at radius 2 is 1.91 bits per heavy atom. The summed E-state index contributed by atoms with van der Waals surface area (Å²) in [5, 5.41) is 12.3. The summed E-state index contributed by atoms with van der Waals surface area (Å²) in [5.41, 5.74) is 0.745. The van der Waals surface area contributed by atoms with Crippen molar-refractivity contribution in [3.63, 3.8) is 0 Å². The molecule has 0 aliphatic carbocycles. The Kier molecular flexibility index (Phi) is 6.75. The largest absolute Gasteiger partial charge is 0.466 e. The number of likely N-dealkylation sites (tertiary alicyclic amines) is 1. The number of nitrogens with zero attached hydrogens (tertiary/aromatic N) is 1. The molecule has 3 aliphatic heterocycles. The number of esters is 1. The topological polar surface area (TPSA) is 105 Å². The predicted octanol–water partition coefficient (Wildman–Crippen LogP) is 2.73. The number of carbonyl (C=O) groups excluding carboxylic acids is 3. The molecule has 0 aromatic heterocycles. The lowest BCUT2D eigenvalue weighted by Gasteiger charge is -2.33. The van der Waals surface area contributed by atoms with E-state index in [0.717, 1.165) is 16.8 Å². The van der Waals surface area contributed by atoms with Gasteiger partial charge in [0.25, 0.3) is 0 Å². The van der Waals surface area contributed by atoms with E-state index in [1.54, 1.807) is 11.8 Å². The molecule has 5 atom stereocenters. The van der Waals surface area contributed by atoms with Gasteiger partial charge in [-0.3, -0.25) is 14.4 Å². The van der Waals surface area contributed by atoms with Crippen molar-refractivity contribution in [3.8, 4) is 0 Å². The highest BCUT2D eigenvalue weighted by Crippen LogP contribution is 2.64. The van der Waals surface area contributed by atoms with Crippen LogP contribution in [0.4, 0.5) is 5.69 Å². The number of aliphatic hydroxyl groups is 1. The highest BCUT2D eigenvalue weighted by atomic mass is 16.6. The number of amides is 2. The van der Waals surface area contributed by atoms with Crippen LogP contribution in [-0.4, -0.2) is 64.8 Å². The molecule has 3 heterocycles. The maximum absolute atomic E-state index is 13.9. The van der Waals surface area contributed by atoms with E-state index in [9.17, 15) is 19.5 Å². The van der Waals surface area contributed by atoms with E-state index in [-0.39, 0.29) is 25.0 Å². The first-order valence-corrected chi connectivity index (χ1v) is 12.4. The molecule has 8 nitrogen and oxygen atoms in total. The molecule has 4 rings (SSSR count). The fourth-order valence-electron chi connectivity index (χ4n) is 6.45. The predicted molar refractivity (Wildman–Crippen MR) is 126 cm³/mol. The van der Waals surface area contributed by atoms with E-state index in [1.807, 2.05) is 39.0 Å². The quantitative estimate of drug-likeness (QED) is 0.423. The number of hydrogen-bond donors (Lipinski definition) is 2. The molecule has 34 heavy (non-hydrogen) atoms. The third-order valence-corrected chi connectivity index (χ3v) is 8.01. The van der Waals surface area contributed by atoms with Gasteiger partial charge in [0, 0.05) is 18.8 Å². The number of aliphatic hydroxyl groups excluding tert-OH is 1. The fourth-order valence-corrected chi connectivity index (χ4v) is 6.45. The number of ether oxygens (including phenoxy) is 2. The Bertz CT molecular complexity index is 960. The molecule has 2 N–H and O–H groups in total. The van der Waals surface area contributed by atoms with Gasteiger partial charge in [0.2, 0.25) is 11.8 Å². The number of fused-ring (bicyclic) bond motifs is 1. The first kappa shape index (κ1) is 24.7. The van der Waals surface area contributed by atoms with Crippen LogP contribution in [0.2, 0.25) is 0 Å². The number of unbranched alkanes of at least 4 members (excludes halogenated alkanes) is 1. The third-order valence-electron chi connectivity index (χ3n) is 8.01. The Hall–Kier alpha value is -2.45. The lowest BCUT2D eigenvalue weighted by molar-refractivity contribution is -0.160. The first-order chi connectivity index (χ1) is 16.3. The minimum Gasteiger partial charge on any atom is -0.466 e. The van der Waals surface area contributed by atoms with E-state index >= 15 is 0 Å². The van der Waals surface area contributed by atoms with Crippen LogP contribution in [-0.2, 0) is 23.9 Å². The number of anilines is 1. The number of benzene rings is 1. The van der Waals surface area contributed by atoms with Gasteiger partial charge in [-0.25, -0.2) is 0 Å². The summed E-state index contributed by atoms with van der Waals surface area (Å²) < 4.78 is 12.1. The fraction of sp³-hybridized carbons (Fsp3) is 0.654. The number of rotatable bonds is 9. The van der Waals surface area contributed by atoms with Crippen LogP contribution in [0, 0.1) is 25.7 Å². The van der Waals surface area contributed by atoms with Gasteiger partial charge < -0.3 is 24.8 Å². The maximum atomic E-state index is 13.9. The molecule has 1 aromatic carbocycles. The zero-order chi connectivity index (χ0) is 24.7. The summed E-state index contributed by atoms with van der Waals surface area (Å²) in [5.74, 6) is -2.42. The van der Waals surface area contributed by atoms with Gasteiger partial charge in [0.05, 0.1) is 18.1 Å². The molecule has 1 aromatic rings. The Morgan fingerprint density at radius 1 is 1.21 bits per heavy atom. The number of nitrogens with one attached hydrogen (secondary N) is 1. The summed E-state index contributed by atoms with van der Waals surface area (Å²) in [7, 11) is 0. The van der Waals surface area contributed by atoms with Crippen molar-refractivity contribution in [2.24, 2.45) is 11.8 Å². The molecule has 1 spiro atoms. The van der Waals surface area contributed by atoms with E-state index in [1.165, 1.54) is 0 Å². The van der Waals surface area contributed by atoms with Gasteiger partial charge in [-0.2, -0.15) is 0 Å². The molecule has 3 saturated heterocycles. The van der Waals surface area contributed by atoms with Gasteiger partial charge in [0.15, 0.2) is 0 Å². The van der Waals surface area contributed by atoms with Crippen molar-refractivity contribution in [1.82, 2.24) is 4.90 Å². The smallest absolute Gasteiger partial charge is 0.312 e. The molecule has 3 aliphatic rings. The number of aryl methyl sites for hydroxylation is 2. The SMILES string of the molecule is CCOC(=O)[C@@H]1[C@H]2C(=O)N(CCCCO)C(C(=O)Nc3c(C)cccc3C)C23CC[C@@]1(CC)O3. The minimum atomic E-state index is -1.07. The van der Waals surface area contributed by atoms with E-state index in [2.05, 4.69) is 5.32 Å². The molecule has 0 radical (unpaired) electrons. The van der Waals surface area contributed by atoms with Crippen LogP contribution < -0.4 is 5.32 Å². The van der Waals surface area contributed by atoms with Crippen molar-refractivity contribution in [2.75, 3.05) is 25.1 Å². The summed E-state index contributed by atoms with van der Waals surface area (Å²) in [6.45, 7) is 8.13. The molecule has 3 fully saturated rings. The second kappa shape index (κ2) is 9.30. The van der Waals surface area contributed by atoms with Gasteiger partial charge in [-0.15, -0.1) is 0 Å². The number of hydrogen-bond acceptors (Lipinski definition) is 6. The molecular weight excluding hydrogens is 436 g/mol. The van der Waals surface area contributed by atoms with Crippen molar-refractivity contribution >= 4 is 23.5 Å². The van der Waals surface area contributed by atoms with Gasteiger partial charge in [0.1, 0.15) is 17.6 Å². The maximum Gasteiger partial charge on any atom is 0.312 e. The zero-order valence-corrected chi connectivity index (χ0v) is 20.6. The second-order valence-electron chi connectivity index (χ2n) is 9.80. The summed E-state index contributed by atoms with van der Waals surface area (Å²) in [6.07, 6.45) is 2.79. The molecule has 0 saturated carbocycles. The van der Waals surface area contributed by atoms with Crippen LogP contribution in [0.1, 0.15) is 57.1 Å². The zero-order valence-electron chi connectivity index (χ0n) is 20.6. The standard InChI is InChI=1S/C26H36N2O6/c1-5-25-12-13-26(34-25)18(19(25)24(32)33-6-2)23(31)28(14-7-8-15-29)21(26)22(30)27-20-16(3)10-9-11-17(20)4/h9-11,18-19,21,29H,5-8,12-15H2,1-4H3,(H,27,30)/t18-,19-,21?,25+,26?/m0/s1. The van der Waals surface area contributed by atoms with Crippen molar-refractivity contribution in [2.45, 2.75) is 77.0 Å². The Morgan fingerprint density at radius 3 is 2.53 bits per heavy atom. The van der Waals surface area contributed by atoms with E-state index in [0.29, 0.717) is 38.6 Å². The monoisotopic (exact) mass is 472 g/mol. The van der Waals surface area contributed by atoms with Crippen LogP contribution >= 0.6 is 0 Å². The number of carbonyl (C=O) groups is 3. The first-order valence-electron chi connectivity index (χ1n) is 12.4. The van der Waals surface area contributed by atoms with Crippen LogP contribution in [0.25, 0.3) is 0 Å². The van der Waals surface area contributed by atoms with E-state index < -0.39 is 35.0 Å². The van der Waals surface area contributed by atoms with Gasteiger partial charge in [-0.1, -0.05) is 25.1 Å². The molecule has 186 valence electrons. The van der Waals surface area contributed by atoms with Crippen LogP contribution in [0.5, 0.6) is 0 Å². The molecule has 2 unspecified atom stereocenters. The Balaban J connectivity index is 1.75. The summed E-state index contributed by atoms with van der Waals surface area (Å²) >= 11 is 0. The Labute approximate surface area is 201 Å². The van der Waals surface area contributed by atoms with Crippen molar-refractivity contribution < 1.29 is 29.0 Å². The molecule has 2 amide bonds. The van der Waals surface area contributed by atoms with Crippen molar-refractivity contribution in [3.05, 3.63) is 29.3 Å². The molecule has 8 heteroatoms. The summed E-state index contributed by atoms with van der Waals surface area (Å²) in [6, 6.07) is 4.95. The third kappa shape index (κ3) is 3.62. The highest BCUT2D eigenvalue weighted by Gasteiger charge is 2.78. The van der Waals surface area contributed by atoms with Crippen LogP contribution in [0.15, 0.2) is 18.2 Å². The average Bonchev–Trinajstić information content (AvgIpc) is 3.40. The lowest BCUT2D eigenvalue weighted by atomic mass is 9.65. The van der Waals surface area contributed by atoms with Gasteiger partial charge >= 0.3 is 5.97 Å². The van der Waals surface area contributed by atoms with E-state index in [4.69, 9.17) is 9.47 Å².